The van der Waals surface area contributed by atoms with Crippen molar-refractivity contribution in [2.75, 3.05) is 0 Å². The highest BCUT2D eigenvalue weighted by atomic mass is 32.1. The number of carboxylic acids is 1. The molecule has 0 aliphatic heterocycles. The number of aromatic nitrogens is 3. The molecule has 0 unspecified atom stereocenters. The van der Waals surface area contributed by atoms with Gasteiger partial charge in [-0.1, -0.05) is 91.0 Å². The molecule has 3 aromatic carbocycles. The second-order valence-electron chi connectivity index (χ2n) is 6.90. The van der Waals surface area contributed by atoms with E-state index in [2.05, 4.69) is 17.1 Å². The minimum atomic E-state index is -1.05. The maximum Gasteiger partial charge on any atom is 0.355 e. The average Bonchev–Trinajstić information content (AvgIpc) is 3.46. The Labute approximate surface area is 182 Å². The Kier molecular flexibility index (Phi) is 4.90. The number of thiazole rings is 1. The first-order chi connectivity index (χ1) is 15.2. The van der Waals surface area contributed by atoms with Gasteiger partial charge in [-0.2, -0.15) is 5.10 Å². The minimum absolute atomic E-state index is 0.0111. The summed E-state index contributed by atoms with van der Waals surface area (Å²) in [6.45, 7) is 0. The van der Waals surface area contributed by atoms with Crippen molar-refractivity contribution in [3.63, 3.8) is 0 Å². The van der Waals surface area contributed by atoms with E-state index in [4.69, 9.17) is 5.10 Å². The van der Waals surface area contributed by atoms with Gasteiger partial charge < -0.3 is 5.11 Å². The van der Waals surface area contributed by atoms with Crippen LogP contribution in [0.25, 0.3) is 38.8 Å². The van der Waals surface area contributed by atoms with Gasteiger partial charge in [0, 0.05) is 22.1 Å². The summed E-state index contributed by atoms with van der Waals surface area (Å²) in [6, 6.07) is 30.1. The van der Waals surface area contributed by atoms with Crippen molar-refractivity contribution >= 4 is 17.3 Å². The SMILES string of the molecule is O=C(O)c1csc(-n2nc(-c3ccccc3)c(-c3ccccc3)c2-c2ccccc2)n1. The largest absolute Gasteiger partial charge is 0.476 e. The van der Waals surface area contributed by atoms with Crippen molar-refractivity contribution in [3.8, 4) is 38.8 Å². The molecule has 31 heavy (non-hydrogen) atoms. The zero-order chi connectivity index (χ0) is 21.2. The Bertz CT molecular complexity index is 1340. The molecule has 0 atom stereocenters. The molecule has 2 aromatic heterocycles. The molecule has 5 aromatic rings. The van der Waals surface area contributed by atoms with Crippen LogP contribution in [0.15, 0.2) is 96.4 Å². The average molecular weight is 423 g/mol. The minimum Gasteiger partial charge on any atom is -0.476 e. The molecular formula is C25H17N3O2S. The highest BCUT2D eigenvalue weighted by Gasteiger charge is 2.24. The molecule has 0 radical (unpaired) electrons. The Morgan fingerprint density at radius 2 is 1.32 bits per heavy atom. The van der Waals surface area contributed by atoms with Gasteiger partial charge in [-0.05, 0) is 5.56 Å². The third-order valence-electron chi connectivity index (χ3n) is 4.93. The second-order valence-corrected chi connectivity index (χ2v) is 7.74. The lowest BCUT2D eigenvalue weighted by molar-refractivity contribution is 0.0691. The Balaban J connectivity index is 1.86. The summed E-state index contributed by atoms with van der Waals surface area (Å²) in [6.07, 6.45) is 0. The summed E-state index contributed by atoms with van der Waals surface area (Å²) in [5.41, 5.74) is 5.66. The van der Waals surface area contributed by atoms with Crippen LogP contribution in [0.4, 0.5) is 0 Å². The van der Waals surface area contributed by atoms with Crippen molar-refractivity contribution in [3.05, 3.63) is 102 Å². The normalized spacial score (nSPS) is 10.8. The molecule has 0 amide bonds. The van der Waals surface area contributed by atoms with E-state index in [1.54, 1.807) is 10.1 Å². The number of aromatic carboxylic acids is 1. The Hall–Kier alpha value is -4.03. The third kappa shape index (κ3) is 3.53. The smallest absolute Gasteiger partial charge is 0.355 e. The maximum atomic E-state index is 11.4. The van der Waals surface area contributed by atoms with E-state index in [-0.39, 0.29) is 5.69 Å². The van der Waals surface area contributed by atoms with Gasteiger partial charge >= 0.3 is 5.97 Å². The number of hydrogen-bond acceptors (Lipinski definition) is 4. The van der Waals surface area contributed by atoms with Gasteiger partial charge in [0.1, 0.15) is 5.69 Å². The zero-order valence-corrected chi connectivity index (χ0v) is 17.2. The Morgan fingerprint density at radius 3 is 1.87 bits per heavy atom. The van der Waals surface area contributed by atoms with Crippen LogP contribution >= 0.6 is 11.3 Å². The lowest BCUT2D eigenvalue weighted by atomic mass is 9.96. The molecule has 0 fully saturated rings. The van der Waals surface area contributed by atoms with Crippen LogP contribution in [-0.4, -0.2) is 25.8 Å². The highest BCUT2D eigenvalue weighted by Crippen LogP contribution is 2.41. The van der Waals surface area contributed by atoms with Gasteiger partial charge in [0.2, 0.25) is 5.13 Å². The molecular weight excluding hydrogens is 406 g/mol. The topological polar surface area (TPSA) is 68.0 Å². The van der Waals surface area contributed by atoms with Crippen LogP contribution in [0.1, 0.15) is 10.5 Å². The van der Waals surface area contributed by atoms with E-state index in [0.717, 1.165) is 33.6 Å². The van der Waals surface area contributed by atoms with Gasteiger partial charge in [-0.25, -0.2) is 14.5 Å². The fraction of sp³-hybridized carbons (Fsp3) is 0. The van der Waals surface area contributed by atoms with Crippen molar-refractivity contribution in [2.45, 2.75) is 0 Å². The molecule has 0 aliphatic carbocycles. The van der Waals surface area contributed by atoms with Gasteiger partial charge in [0.15, 0.2) is 5.69 Å². The Morgan fingerprint density at radius 1 is 0.774 bits per heavy atom. The molecule has 5 rings (SSSR count). The van der Waals surface area contributed by atoms with E-state index in [1.807, 2.05) is 78.9 Å². The van der Waals surface area contributed by atoms with Crippen LogP contribution < -0.4 is 0 Å². The van der Waals surface area contributed by atoms with E-state index >= 15 is 0 Å². The molecule has 1 N–H and O–H groups in total. The first-order valence-electron chi connectivity index (χ1n) is 9.71. The number of hydrogen-bond donors (Lipinski definition) is 1. The lowest BCUT2D eigenvalue weighted by Crippen LogP contribution is -2.02. The molecule has 150 valence electrons. The van der Waals surface area contributed by atoms with Crippen molar-refractivity contribution in [1.82, 2.24) is 14.8 Å². The second kappa shape index (κ2) is 8.01. The first-order valence-corrected chi connectivity index (χ1v) is 10.6. The molecule has 0 bridgehead atoms. The van der Waals surface area contributed by atoms with Crippen LogP contribution in [0, 0.1) is 0 Å². The number of carbonyl (C=O) groups is 1. The molecule has 2 heterocycles. The standard InChI is InChI=1S/C25H17N3O2S/c29-24(30)20-16-31-25(26-20)28-23(19-14-8-3-9-15-19)21(17-10-4-1-5-11-17)22(27-28)18-12-6-2-7-13-18/h1-16H,(H,29,30). The molecule has 0 aliphatic rings. The monoisotopic (exact) mass is 423 g/mol. The van der Waals surface area contributed by atoms with Gasteiger partial charge in [0.25, 0.3) is 0 Å². The zero-order valence-electron chi connectivity index (χ0n) is 16.3. The van der Waals surface area contributed by atoms with E-state index in [9.17, 15) is 9.90 Å². The number of benzene rings is 3. The van der Waals surface area contributed by atoms with Gasteiger partial charge in [0.05, 0.1) is 5.69 Å². The fourth-order valence-electron chi connectivity index (χ4n) is 3.56. The molecule has 6 heteroatoms. The summed E-state index contributed by atoms with van der Waals surface area (Å²) < 4.78 is 1.76. The van der Waals surface area contributed by atoms with Crippen LogP contribution in [0.5, 0.6) is 0 Å². The maximum absolute atomic E-state index is 11.4. The fourth-order valence-corrected chi connectivity index (χ4v) is 4.31. The van der Waals surface area contributed by atoms with Crippen LogP contribution in [0.2, 0.25) is 0 Å². The van der Waals surface area contributed by atoms with Crippen molar-refractivity contribution < 1.29 is 9.90 Å². The summed E-state index contributed by atoms with van der Waals surface area (Å²) in [5.74, 6) is -1.05. The van der Waals surface area contributed by atoms with Crippen LogP contribution in [0.3, 0.4) is 0 Å². The number of carboxylic acid groups (broad SMARTS) is 1. The van der Waals surface area contributed by atoms with E-state index < -0.39 is 5.97 Å². The molecule has 0 spiro atoms. The van der Waals surface area contributed by atoms with E-state index in [1.165, 1.54) is 11.3 Å². The lowest BCUT2D eigenvalue weighted by Gasteiger charge is -2.09. The summed E-state index contributed by atoms with van der Waals surface area (Å²) >= 11 is 1.26. The summed E-state index contributed by atoms with van der Waals surface area (Å²) in [7, 11) is 0. The van der Waals surface area contributed by atoms with Crippen molar-refractivity contribution in [1.29, 1.82) is 0 Å². The predicted octanol–water partition coefficient (Wildman–Crippen LogP) is 6.03. The van der Waals surface area contributed by atoms with Gasteiger partial charge in [-0.15, -0.1) is 11.3 Å². The summed E-state index contributed by atoms with van der Waals surface area (Å²) in [5, 5.41) is 16.4. The van der Waals surface area contributed by atoms with Crippen LogP contribution in [-0.2, 0) is 0 Å². The number of nitrogens with zero attached hydrogens (tertiary/aromatic N) is 3. The van der Waals surface area contributed by atoms with Crippen molar-refractivity contribution in [2.24, 2.45) is 0 Å². The number of rotatable bonds is 5. The molecule has 0 saturated heterocycles. The third-order valence-corrected chi connectivity index (χ3v) is 5.75. The highest BCUT2D eigenvalue weighted by molar-refractivity contribution is 7.12. The predicted molar refractivity (Wildman–Crippen MR) is 123 cm³/mol. The van der Waals surface area contributed by atoms with E-state index in [0.29, 0.717) is 5.13 Å². The first kappa shape index (κ1) is 19.0. The summed E-state index contributed by atoms with van der Waals surface area (Å²) in [4.78, 5) is 15.8. The molecule has 0 saturated carbocycles. The molecule has 5 nitrogen and oxygen atoms in total. The van der Waals surface area contributed by atoms with Gasteiger partial charge in [-0.3, -0.25) is 0 Å². The quantitative estimate of drug-likeness (QED) is 0.375.